The quantitative estimate of drug-likeness (QED) is 0.630. The second-order valence-electron chi connectivity index (χ2n) is 2.53. The Morgan fingerprint density at radius 1 is 1.23 bits per heavy atom. The van der Waals surface area contributed by atoms with Crippen LogP contribution in [0.4, 0.5) is 18.9 Å². The van der Waals surface area contributed by atoms with Gasteiger partial charge >= 0.3 is 0 Å². The van der Waals surface area contributed by atoms with E-state index in [4.69, 9.17) is 0 Å². The van der Waals surface area contributed by atoms with Crippen molar-refractivity contribution >= 4 is 11.4 Å². The maximum absolute atomic E-state index is 12.4. The number of rotatable bonds is 2. The fraction of sp³-hybridized carbons (Fsp3) is 0.222. The highest BCUT2D eigenvalue weighted by molar-refractivity contribution is 5.87. The SMILES string of the molecule is C/C(=N\c1ccc(F)cc1)C(F)F. The molecular formula is C9H8F3N. The van der Waals surface area contributed by atoms with Crippen LogP contribution >= 0.6 is 0 Å². The van der Waals surface area contributed by atoms with Gasteiger partial charge in [0.25, 0.3) is 6.43 Å². The van der Waals surface area contributed by atoms with Gasteiger partial charge in [-0.3, -0.25) is 4.99 Å². The minimum absolute atomic E-state index is 0.272. The highest BCUT2D eigenvalue weighted by atomic mass is 19.3. The van der Waals surface area contributed by atoms with Gasteiger partial charge in [0.1, 0.15) is 5.82 Å². The highest BCUT2D eigenvalue weighted by Crippen LogP contribution is 2.13. The minimum atomic E-state index is -2.56. The normalized spacial score (nSPS) is 12.2. The summed E-state index contributed by atoms with van der Waals surface area (Å²) >= 11 is 0. The Morgan fingerprint density at radius 3 is 2.23 bits per heavy atom. The summed E-state index contributed by atoms with van der Waals surface area (Å²) < 4.78 is 36.4. The van der Waals surface area contributed by atoms with Gasteiger partial charge in [0.05, 0.1) is 11.4 Å². The lowest BCUT2D eigenvalue weighted by Crippen LogP contribution is -2.03. The predicted molar refractivity (Wildman–Crippen MR) is 45.2 cm³/mol. The Kier molecular flexibility index (Phi) is 3.06. The average Bonchev–Trinajstić information content (AvgIpc) is 2.08. The van der Waals surface area contributed by atoms with Crippen LogP contribution in [-0.2, 0) is 0 Å². The molecule has 0 aliphatic rings. The lowest BCUT2D eigenvalue weighted by Gasteiger charge is -1.98. The molecule has 0 saturated carbocycles. The molecule has 1 aromatic carbocycles. The molecule has 0 fully saturated rings. The van der Waals surface area contributed by atoms with Gasteiger partial charge in [-0.2, -0.15) is 0 Å². The van der Waals surface area contributed by atoms with E-state index >= 15 is 0 Å². The molecule has 1 aromatic rings. The monoisotopic (exact) mass is 187 g/mol. The summed E-state index contributed by atoms with van der Waals surface area (Å²) in [6, 6.07) is 5.05. The summed E-state index contributed by atoms with van der Waals surface area (Å²) in [5.41, 5.74) is 0.0609. The van der Waals surface area contributed by atoms with Crippen LogP contribution in [0, 0.1) is 5.82 Å². The van der Waals surface area contributed by atoms with E-state index in [0.717, 1.165) is 0 Å². The van der Waals surface area contributed by atoms with Crippen LogP contribution in [-0.4, -0.2) is 12.1 Å². The van der Waals surface area contributed by atoms with Crippen molar-refractivity contribution in [1.29, 1.82) is 0 Å². The number of hydrogen-bond acceptors (Lipinski definition) is 1. The molecule has 0 N–H and O–H groups in total. The van der Waals surface area contributed by atoms with Gasteiger partial charge in [-0.1, -0.05) is 0 Å². The van der Waals surface area contributed by atoms with E-state index < -0.39 is 12.2 Å². The molecule has 70 valence electrons. The molecule has 0 saturated heterocycles. The van der Waals surface area contributed by atoms with Crippen LogP contribution in [0.3, 0.4) is 0 Å². The number of halogens is 3. The van der Waals surface area contributed by atoms with Crippen molar-refractivity contribution in [3.63, 3.8) is 0 Å². The lowest BCUT2D eigenvalue weighted by molar-refractivity contribution is 0.225. The van der Waals surface area contributed by atoms with Gasteiger partial charge in [-0.05, 0) is 31.2 Å². The smallest absolute Gasteiger partial charge is 0.252 e. The molecule has 0 unspecified atom stereocenters. The second-order valence-corrected chi connectivity index (χ2v) is 2.53. The van der Waals surface area contributed by atoms with Crippen molar-refractivity contribution in [1.82, 2.24) is 0 Å². The van der Waals surface area contributed by atoms with Crippen LogP contribution in [0.1, 0.15) is 6.92 Å². The van der Waals surface area contributed by atoms with Crippen molar-refractivity contribution in [2.24, 2.45) is 4.99 Å². The second kappa shape index (κ2) is 4.07. The molecule has 0 atom stereocenters. The molecule has 1 rings (SSSR count). The van der Waals surface area contributed by atoms with E-state index in [1.165, 1.54) is 31.2 Å². The van der Waals surface area contributed by atoms with Crippen LogP contribution in [0.5, 0.6) is 0 Å². The van der Waals surface area contributed by atoms with Crippen molar-refractivity contribution < 1.29 is 13.2 Å². The summed E-state index contributed by atoms with van der Waals surface area (Å²) in [5.74, 6) is -0.409. The van der Waals surface area contributed by atoms with E-state index in [-0.39, 0.29) is 5.71 Å². The molecular weight excluding hydrogens is 179 g/mol. The fourth-order valence-electron chi connectivity index (χ4n) is 0.768. The zero-order chi connectivity index (χ0) is 9.84. The Bertz CT molecular complexity index is 303. The number of hydrogen-bond donors (Lipinski definition) is 0. The zero-order valence-corrected chi connectivity index (χ0v) is 6.97. The van der Waals surface area contributed by atoms with Crippen LogP contribution in [0.15, 0.2) is 29.3 Å². The van der Waals surface area contributed by atoms with Gasteiger partial charge in [0.15, 0.2) is 0 Å². The lowest BCUT2D eigenvalue weighted by atomic mass is 10.3. The maximum atomic E-state index is 12.4. The summed E-state index contributed by atoms with van der Waals surface area (Å²) in [4.78, 5) is 3.60. The molecule has 13 heavy (non-hydrogen) atoms. The van der Waals surface area contributed by atoms with E-state index in [0.29, 0.717) is 5.69 Å². The van der Waals surface area contributed by atoms with E-state index in [1.807, 2.05) is 0 Å². The molecule has 0 amide bonds. The first-order valence-corrected chi connectivity index (χ1v) is 3.68. The summed E-state index contributed by atoms with van der Waals surface area (Å²) in [6.07, 6.45) is -2.56. The van der Waals surface area contributed by atoms with Gasteiger partial charge in [-0.15, -0.1) is 0 Å². The molecule has 4 heteroatoms. The van der Waals surface area contributed by atoms with E-state index in [9.17, 15) is 13.2 Å². The van der Waals surface area contributed by atoms with Crippen LogP contribution in [0.25, 0.3) is 0 Å². The first-order valence-electron chi connectivity index (χ1n) is 3.68. The Labute approximate surface area is 73.9 Å². The number of nitrogens with zero attached hydrogens (tertiary/aromatic N) is 1. The molecule has 0 bridgehead atoms. The van der Waals surface area contributed by atoms with Crippen molar-refractivity contribution in [2.75, 3.05) is 0 Å². The van der Waals surface area contributed by atoms with E-state index in [1.54, 1.807) is 0 Å². The zero-order valence-electron chi connectivity index (χ0n) is 6.97. The van der Waals surface area contributed by atoms with Crippen molar-refractivity contribution in [2.45, 2.75) is 13.3 Å². The van der Waals surface area contributed by atoms with Gasteiger partial charge in [0, 0.05) is 0 Å². The standard InChI is InChI=1S/C9H8F3N/c1-6(9(11)12)13-8-4-2-7(10)3-5-8/h2-5,9H,1H3/b13-6+. The first-order chi connectivity index (χ1) is 6.09. The average molecular weight is 187 g/mol. The Hall–Kier alpha value is -1.32. The molecule has 0 heterocycles. The molecule has 1 nitrogen and oxygen atoms in total. The van der Waals surface area contributed by atoms with Crippen molar-refractivity contribution in [3.05, 3.63) is 30.1 Å². The Balaban J connectivity index is 2.85. The molecule has 0 aliphatic carbocycles. The first kappa shape index (κ1) is 9.77. The van der Waals surface area contributed by atoms with E-state index in [2.05, 4.69) is 4.99 Å². The summed E-state index contributed by atoms with van der Waals surface area (Å²) in [5, 5.41) is 0. The summed E-state index contributed by atoms with van der Waals surface area (Å²) in [6.45, 7) is 1.23. The molecule has 0 aromatic heterocycles. The molecule has 0 spiro atoms. The number of aliphatic imine (C=N–C) groups is 1. The maximum Gasteiger partial charge on any atom is 0.276 e. The van der Waals surface area contributed by atoms with Crippen LogP contribution < -0.4 is 0 Å². The molecule has 0 radical (unpaired) electrons. The molecule has 0 aliphatic heterocycles. The summed E-state index contributed by atoms with van der Waals surface area (Å²) in [7, 11) is 0. The largest absolute Gasteiger partial charge is 0.276 e. The van der Waals surface area contributed by atoms with Gasteiger partial charge < -0.3 is 0 Å². The van der Waals surface area contributed by atoms with Crippen molar-refractivity contribution in [3.8, 4) is 0 Å². The minimum Gasteiger partial charge on any atom is -0.252 e. The fourth-order valence-corrected chi connectivity index (χ4v) is 0.768. The van der Waals surface area contributed by atoms with Gasteiger partial charge in [0.2, 0.25) is 0 Å². The number of benzene rings is 1. The third-order valence-electron chi connectivity index (χ3n) is 1.45. The van der Waals surface area contributed by atoms with Gasteiger partial charge in [-0.25, -0.2) is 13.2 Å². The topological polar surface area (TPSA) is 12.4 Å². The Morgan fingerprint density at radius 2 is 1.77 bits per heavy atom. The predicted octanol–water partition coefficient (Wildman–Crippen LogP) is 3.18. The third kappa shape index (κ3) is 2.89. The number of alkyl halides is 2. The van der Waals surface area contributed by atoms with Crippen LogP contribution in [0.2, 0.25) is 0 Å². The highest BCUT2D eigenvalue weighted by Gasteiger charge is 2.06. The third-order valence-corrected chi connectivity index (χ3v) is 1.45.